The van der Waals surface area contributed by atoms with E-state index in [1.54, 1.807) is 18.2 Å². The number of hydrogen-bond acceptors (Lipinski definition) is 3. The summed E-state index contributed by atoms with van der Waals surface area (Å²) in [5.74, 6) is 1.47. The zero-order valence-electron chi connectivity index (χ0n) is 12.7. The second-order valence-electron chi connectivity index (χ2n) is 5.64. The Labute approximate surface area is 126 Å². The lowest BCUT2D eigenvalue weighted by Gasteiger charge is -2.26. The molecule has 0 unspecified atom stereocenters. The third-order valence-electron chi connectivity index (χ3n) is 4.38. The molecule has 0 bridgehead atoms. The number of hydrogen-bond donors (Lipinski definition) is 1. The molecule has 1 aromatic carbocycles. The first kappa shape index (κ1) is 15.4. The molecule has 4 heteroatoms. The molecule has 1 aliphatic carbocycles. The molecule has 1 N–H and O–H groups in total. The van der Waals surface area contributed by atoms with Gasteiger partial charge in [0.2, 0.25) is 5.91 Å². The predicted molar refractivity (Wildman–Crippen MR) is 82.1 cm³/mol. The van der Waals surface area contributed by atoms with E-state index in [9.17, 15) is 4.79 Å². The maximum atomic E-state index is 12.3. The molecule has 0 aromatic heterocycles. The minimum absolute atomic E-state index is 0.0682. The molecule has 0 radical (unpaired) electrons. The first-order valence-corrected chi connectivity index (χ1v) is 7.57. The van der Waals surface area contributed by atoms with Crippen LogP contribution in [0.3, 0.4) is 0 Å². The SMILES string of the molecule is CCC1CCC(C(=O)Nc2ccc(OC)c(C#N)c2)CC1. The number of nitrogens with one attached hydrogen (secondary N) is 1. The Morgan fingerprint density at radius 1 is 1.38 bits per heavy atom. The Hall–Kier alpha value is -2.02. The van der Waals surface area contributed by atoms with Crippen molar-refractivity contribution in [2.24, 2.45) is 11.8 Å². The molecule has 1 fully saturated rings. The summed E-state index contributed by atoms with van der Waals surface area (Å²) in [6, 6.07) is 7.22. The number of rotatable bonds is 4. The highest BCUT2D eigenvalue weighted by atomic mass is 16.5. The predicted octanol–water partition coefficient (Wildman–Crippen LogP) is 3.72. The van der Waals surface area contributed by atoms with E-state index < -0.39 is 0 Å². The third kappa shape index (κ3) is 3.75. The number of methoxy groups -OCH3 is 1. The number of ether oxygens (including phenoxy) is 1. The molecule has 1 aliphatic rings. The molecule has 0 spiro atoms. The van der Waals surface area contributed by atoms with Crippen LogP contribution in [-0.4, -0.2) is 13.0 Å². The van der Waals surface area contributed by atoms with E-state index in [1.165, 1.54) is 13.5 Å². The van der Waals surface area contributed by atoms with Crippen LogP contribution in [0.25, 0.3) is 0 Å². The molecular weight excluding hydrogens is 264 g/mol. The summed E-state index contributed by atoms with van der Waals surface area (Å²) < 4.78 is 5.10. The average Bonchev–Trinajstić information content (AvgIpc) is 2.54. The quantitative estimate of drug-likeness (QED) is 0.917. The number of carbonyl (C=O) groups is 1. The molecule has 2 rings (SSSR count). The van der Waals surface area contributed by atoms with Crippen LogP contribution in [0.5, 0.6) is 5.75 Å². The van der Waals surface area contributed by atoms with Crippen molar-refractivity contribution in [3.8, 4) is 11.8 Å². The van der Waals surface area contributed by atoms with Crippen LogP contribution >= 0.6 is 0 Å². The van der Waals surface area contributed by atoms with Crippen molar-refractivity contribution in [3.05, 3.63) is 23.8 Å². The van der Waals surface area contributed by atoms with Crippen LogP contribution in [0.2, 0.25) is 0 Å². The smallest absolute Gasteiger partial charge is 0.227 e. The van der Waals surface area contributed by atoms with Gasteiger partial charge in [0.15, 0.2) is 0 Å². The van der Waals surface area contributed by atoms with E-state index in [4.69, 9.17) is 10.00 Å². The Morgan fingerprint density at radius 2 is 2.10 bits per heavy atom. The molecule has 0 atom stereocenters. The summed E-state index contributed by atoms with van der Waals surface area (Å²) in [6.07, 6.45) is 5.41. The highest BCUT2D eigenvalue weighted by Crippen LogP contribution is 2.31. The largest absolute Gasteiger partial charge is 0.495 e. The van der Waals surface area contributed by atoms with Gasteiger partial charge in [-0.15, -0.1) is 0 Å². The third-order valence-corrected chi connectivity index (χ3v) is 4.38. The summed E-state index contributed by atoms with van der Waals surface area (Å²) in [6.45, 7) is 2.21. The van der Waals surface area contributed by atoms with Gasteiger partial charge >= 0.3 is 0 Å². The van der Waals surface area contributed by atoms with Gasteiger partial charge in [-0.05, 0) is 49.8 Å². The van der Waals surface area contributed by atoms with Gasteiger partial charge < -0.3 is 10.1 Å². The zero-order valence-corrected chi connectivity index (χ0v) is 12.7. The minimum atomic E-state index is 0.0682. The van der Waals surface area contributed by atoms with Gasteiger partial charge in [0.05, 0.1) is 12.7 Å². The lowest BCUT2D eigenvalue weighted by molar-refractivity contribution is -0.121. The number of anilines is 1. The van der Waals surface area contributed by atoms with E-state index in [0.717, 1.165) is 31.6 Å². The Bertz CT molecular complexity index is 540. The van der Waals surface area contributed by atoms with Crippen molar-refractivity contribution in [2.75, 3.05) is 12.4 Å². The standard InChI is InChI=1S/C17H22N2O2/c1-3-12-4-6-13(7-5-12)17(20)19-15-8-9-16(21-2)14(10-15)11-18/h8-10,12-13H,3-7H2,1-2H3,(H,19,20). The van der Waals surface area contributed by atoms with Gasteiger partial charge in [-0.25, -0.2) is 0 Å². The minimum Gasteiger partial charge on any atom is -0.495 e. The number of amides is 1. The lowest BCUT2D eigenvalue weighted by atomic mass is 9.80. The Balaban J connectivity index is 1.99. The maximum absolute atomic E-state index is 12.3. The molecule has 0 aliphatic heterocycles. The summed E-state index contributed by atoms with van der Waals surface area (Å²) in [5, 5.41) is 12.0. The molecule has 1 saturated carbocycles. The van der Waals surface area contributed by atoms with Gasteiger partial charge in [-0.3, -0.25) is 4.79 Å². The van der Waals surface area contributed by atoms with Gasteiger partial charge in [0.1, 0.15) is 11.8 Å². The molecule has 21 heavy (non-hydrogen) atoms. The van der Waals surface area contributed by atoms with Crippen molar-refractivity contribution in [3.63, 3.8) is 0 Å². The van der Waals surface area contributed by atoms with Crippen molar-refractivity contribution in [1.29, 1.82) is 5.26 Å². The van der Waals surface area contributed by atoms with E-state index in [0.29, 0.717) is 17.0 Å². The van der Waals surface area contributed by atoms with Crippen LogP contribution in [0, 0.1) is 23.2 Å². The fourth-order valence-corrected chi connectivity index (χ4v) is 2.95. The number of carbonyl (C=O) groups excluding carboxylic acids is 1. The van der Waals surface area contributed by atoms with Crippen LogP contribution in [0.4, 0.5) is 5.69 Å². The van der Waals surface area contributed by atoms with E-state index >= 15 is 0 Å². The fourth-order valence-electron chi connectivity index (χ4n) is 2.95. The topological polar surface area (TPSA) is 62.1 Å². The van der Waals surface area contributed by atoms with Gasteiger partial charge in [0.25, 0.3) is 0 Å². The van der Waals surface area contributed by atoms with Crippen molar-refractivity contribution >= 4 is 11.6 Å². The normalized spacial score (nSPS) is 21.4. The van der Waals surface area contributed by atoms with Crippen LogP contribution in [0.15, 0.2) is 18.2 Å². The molecular formula is C17H22N2O2. The fraction of sp³-hybridized carbons (Fsp3) is 0.529. The van der Waals surface area contributed by atoms with E-state index in [1.807, 2.05) is 0 Å². The van der Waals surface area contributed by atoms with Gasteiger partial charge in [-0.1, -0.05) is 13.3 Å². The van der Waals surface area contributed by atoms with Crippen LogP contribution in [0.1, 0.15) is 44.6 Å². The summed E-state index contributed by atoms with van der Waals surface area (Å²) in [7, 11) is 1.53. The highest BCUT2D eigenvalue weighted by molar-refractivity contribution is 5.92. The number of nitriles is 1. The first-order valence-electron chi connectivity index (χ1n) is 7.57. The van der Waals surface area contributed by atoms with Gasteiger partial charge in [-0.2, -0.15) is 5.26 Å². The second-order valence-corrected chi connectivity index (χ2v) is 5.64. The van der Waals surface area contributed by atoms with E-state index in [-0.39, 0.29) is 11.8 Å². The molecule has 4 nitrogen and oxygen atoms in total. The maximum Gasteiger partial charge on any atom is 0.227 e. The number of nitrogens with zero attached hydrogens (tertiary/aromatic N) is 1. The molecule has 112 valence electrons. The number of benzene rings is 1. The molecule has 1 aromatic rings. The average molecular weight is 286 g/mol. The first-order chi connectivity index (χ1) is 10.2. The van der Waals surface area contributed by atoms with Crippen LogP contribution < -0.4 is 10.1 Å². The summed E-state index contributed by atoms with van der Waals surface area (Å²) >= 11 is 0. The molecule has 0 heterocycles. The second kappa shape index (κ2) is 7.12. The zero-order chi connectivity index (χ0) is 15.2. The monoisotopic (exact) mass is 286 g/mol. The summed E-state index contributed by atoms with van der Waals surface area (Å²) in [5.41, 5.74) is 1.10. The Morgan fingerprint density at radius 3 is 2.67 bits per heavy atom. The van der Waals surface area contributed by atoms with Gasteiger partial charge in [0, 0.05) is 11.6 Å². The van der Waals surface area contributed by atoms with Crippen molar-refractivity contribution in [2.45, 2.75) is 39.0 Å². The summed E-state index contributed by atoms with van der Waals surface area (Å²) in [4.78, 5) is 12.3. The molecule has 0 saturated heterocycles. The van der Waals surface area contributed by atoms with Crippen molar-refractivity contribution < 1.29 is 9.53 Å². The van der Waals surface area contributed by atoms with Crippen molar-refractivity contribution in [1.82, 2.24) is 0 Å². The van der Waals surface area contributed by atoms with E-state index in [2.05, 4.69) is 18.3 Å². The Kier molecular flexibility index (Phi) is 5.21. The highest BCUT2D eigenvalue weighted by Gasteiger charge is 2.25. The van der Waals surface area contributed by atoms with Crippen LogP contribution in [-0.2, 0) is 4.79 Å². The molecule has 1 amide bonds. The lowest BCUT2D eigenvalue weighted by Crippen LogP contribution is -2.27.